The minimum Gasteiger partial charge on any atom is -0.294 e. The molecule has 162 valence electrons. The molecular formula is C23H33FO4S. The van der Waals surface area contributed by atoms with Gasteiger partial charge in [0.15, 0.2) is 5.78 Å². The maximum absolute atomic E-state index is 16.5. The van der Waals surface area contributed by atoms with Crippen LogP contribution >= 0.6 is 0 Å². The van der Waals surface area contributed by atoms with Gasteiger partial charge in [0.2, 0.25) is 0 Å². The van der Waals surface area contributed by atoms with Crippen molar-refractivity contribution in [3.63, 3.8) is 0 Å². The van der Waals surface area contributed by atoms with Crippen molar-refractivity contribution in [2.45, 2.75) is 88.5 Å². The van der Waals surface area contributed by atoms with E-state index >= 15 is 4.39 Å². The monoisotopic (exact) mass is 424 g/mol. The van der Waals surface area contributed by atoms with Crippen molar-refractivity contribution >= 4 is 15.9 Å². The van der Waals surface area contributed by atoms with Crippen LogP contribution in [-0.2, 0) is 14.9 Å². The van der Waals surface area contributed by atoms with Crippen molar-refractivity contribution in [1.82, 2.24) is 0 Å². The Balaban J connectivity index is 1.36. The number of Topliss-reactive ketones (excluding diaryl/α,β-unsaturated/α-hetero) is 1. The van der Waals surface area contributed by atoms with Gasteiger partial charge in [0.25, 0.3) is 5.00 Å². The standard InChI is InChI=1S/C23H33FO4S/c24-23(29(26,27)28,13-21-7-14-1-15(8-21)3-16(2-14)9-21)20(25)22-10-17-4-18(11-22)6-19(5-17)12-22/h14-19H,1-13H2,(H,26,27,28). The maximum Gasteiger partial charge on any atom is 0.308 e. The molecule has 8 aliphatic carbocycles. The largest absolute Gasteiger partial charge is 0.308 e. The molecule has 0 aromatic heterocycles. The molecule has 0 saturated heterocycles. The fourth-order valence-electron chi connectivity index (χ4n) is 10.1. The molecule has 1 unspecified atom stereocenters. The zero-order valence-electron chi connectivity index (χ0n) is 17.1. The highest BCUT2D eigenvalue weighted by molar-refractivity contribution is 7.87. The number of ketones is 1. The van der Waals surface area contributed by atoms with E-state index in [1.54, 1.807) is 0 Å². The zero-order valence-corrected chi connectivity index (χ0v) is 17.9. The number of halogens is 1. The quantitative estimate of drug-likeness (QED) is 0.635. The summed E-state index contributed by atoms with van der Waals surface area (Å²) in [5.74, 6) is 2.13. The lowest BCUT2D eigenvalue weighted by atomic mass is 9.46. The van der Waals surface area contributed by atoms with Gasteiger partial charge in [0.1, 0.15) is 0 Å². The Labute approximate surface area is 173 Å². The van der Waals surface area contributed by atoms with Gasteiger partial charge in [0.05, 0.1) is 0 Å². The van der Waals surface area contributed by atoms with Gasteiger partial charge in [-0.1, -0.05) is 0 Å². The van der Waals surface area contributed by atoms with Gasteiger partial charge in [-0.2, -0.15) is 8.42 Å². The van der Waals surface area contributed by atoms with Crippen molar-refractivity contribution < 1.29 is 22.2 Å². The lowest BCUT2D eigenvalue weighted by molar-refractivity contribution is -0.156. The molecule has 4 nitrogen and oxygen atoms in total. The third-order valence-corrected chi connectivity index (χ3v) is 11.2. The highest BCUT2D eigenvalue weighted by Gasteiger charge is 2.66. The van der Waals surface area contributed by atoms with Gasteiger partial charge in [-0.15, -0.1) is 0 Å². The Morgan fingerprint density at radius 2 is 1.14 bits per heavy atom. The van der Waals surface area contributed by atoms with Crippen molar-refractivity contribution in [3.8, 4) is 0 Å². The second kappa shape index (κ2) is 5.85. The predicted octanol–water partition coefficient (Wildman–Crippen LogP) is 4.93. The van der Waals surface area contributed by atoms with Crippen LogP contribution in [0.25, 0.3) is 0 Å². The molecule has 6 heteroatoms. The van der Waals surface area contributed by atoms with Crippen LogP contribution in [0, 0.1) is 46.3 Å². The van der Waals surface area contributed by atoms with Gasteiger partial charge in [-0.05, 0) is 118 Å². The van der Waals surface area contributed by atoms with E-state index in [9.17, 15) is 17.8 Å². The molecule has 0 heterocycles. The number of hydrogen-bond acceptors (Lipinski definition) is 3. The van der Waals surface area contributed by atoms with Crippen LogP contribution in [0.5, 0.6) is 0 Å². The summed E-state index contributed by atoms with van der Waals surface area (Å²) in [5, 5.41) is -3.12. The third-order valence-electron chi connectivity index (χ3n) is 10.0. The van der Waals surface area contributed by atoms with Gasteiger partial charge in [-0.3, -0.25) is 9.35 Å². The summed E-state index contributed by atoms with van der Waals surface area (Å²) in [5.41, 5.74) is -1.28. The summed E-state index contributed by atoms with van der Waals surface area (Å²) < 4.78 is 51.6. The third kappa shape index (κ3) is 2.76. The molecule has 8 aliphatic rings. The average molecular weight is 425 g/mol. The predicted molar refractivity (Wildman–Crippen MR) is 106 cm³/mol. The molecule has 8 bridgehead atoms. The molecular weight excluding hydrogens is 391 g/mol. The minimum atomic E-state index is -5.12. The highest BCUT2D eigenvalue weighted by atomic mass is 32.2. The Kier molecular flexibility index (Phi) is 3.87. The van der Waals surface area contributed by atoms with E-state index in [0.29, 0.717) is 54.8 Å². The summed E-state index contributed by atoms with van der Waals surface area (Å²) in [7, 11) is -5.12. The van der Waals surface area contributed by atoms with Crippen LogP contribution in [0.15, 0.2) is 0 Å². The summed E-state index contributed by atoms with van der Waals surface area (Å²) >= 11 is 0. The van der Waals surface area contributed by atoms with E-state index in [1.165, 1.54) is 19.3 Å². The average Bonchev–Trinajstić information content (AvgIpc) is 2.57. The highest BCUT2D eigenvalue weighted by Crippen LogP contribution is 2.65. The molecule has 1 N–H and O–H groups in total. The molecule has 0 aromatic carbocycles. The summed E-state index contributed by atoms with van der Waals surface area (Å²) in [4.78, 5) is 13.8. The van der Waals surface area contributed by atoms with Crippen LogP contribution in [-0.4, -0.2) is 23.8 Å². The second-order valence-electron chi connectivity index (χ2n) is 12.3. The summed E-state index contributed by atoms with van der Waals surface area (Å²) in [6.45, 7) is 0. The first kappa shape index (κ1) is 19.2. The Morgan fingerprint density at radius 1 is 0.793 bits per heavy atom. The Bertz CT molecular complexity index is 778. The van der Waals surface area contributed by atoms with Crippen LogP contribution < -0.4 is 0 Å². The van der Waals surface area contributed by atoms with Crippen molar-refractivity contribution in [2.24, 2.45) is 46.3 Å². The number of rotatable bonds is 5. The van der Waals surface area contributed by atoms with E-state index in [0.717, 1.165) is 38.5 Å². The molecule has 29 heavy (non-hydrogen) atoms. The molecule has 0 radical (unpaired) electrons. The maximum atomic E-state index is 16.5. The number of carbonyl (C=O) groups excluding carboxylic acids is 1. The van der Waals surface area contributed by atoms with Crippen LogP contribution in [0.3, 0.4) is 0 Å². The zero-order chi connectivity index (χ0) is 20.2. The molecule has 0 aliphatic heterocycles. The Morgan fingerprint density at radius 3 is 1.48 bits per heavy atom. The minimum absolute atomic E-state index is 0.303. The Hall–Kier alpha value is -0.490. The molecule has 1 atom stereocenters. The first-order valence-electron chi connectivity index (χ1n) is 11.8. The van der Waals surface area contributed by atoms with Crippen LogP contribution in [0.1, 0.15) is 83.5 Å². The topological polar surface area (TPSA) is 71.4 Å². The normalized spacial score (nSPS) is 51.9. The van der Waals surface area contributed by atoms with E-state index in [4.69, 9.17) is 0 Å². The first-order valence-corrected chi connectivity index (χ1v) is 13.2. The van der Waals surface area contributed by atoms with E-state index in [-0.39, 0.29) is 6.42 Å². The molecule has 8 saturated carbocycles. The van der Waals surface area contributed by atoms with Crippen molar-refractivity contribution in [3.05, 3.63) is 0 Å². The van der Waals surface area contributed by atoms with Crippen LogP contribution in [0.2, 0.25) is 0 Å². The smallest absolute Gasteiger partial charge is 0.294 e. The van der Waals surface area contributed by atoms with Gasteiger partial charge >= 0.3 is 10.1 Å². The fraction of sp³-hybridized carbons (Fsp3) is 0.957. The molecule has 8 rings (SSSR count). The van der Waals surface area contributed by atoms with Crippen molar-refractivity contribution in [2.75, 3.05) is 0 Å². The van der Waals surface area contributed by atoms with Crippen LogP contribution in [0.4, 0.5) is 4.39 Å². The second-order valence-corrected chi connectivity index (χ2v) is 13.9. The summed E-state index contributed by atoms with van der Waals surface area (Å²) in [6, 6.07) is 0. The summed E-state index contributed by atoms with van der Waals surface area (Å²) in [6.07, 6.45) is 10.9. The lowest BCUT2D eigenvalue weighted by Gasteiger charge is -2.59. The molecule has 0 amide bonds. The van der Waals surface area contributed by atoms with Crippen molar-refractivity contribution in [1.29, 1.82) is 0 Å². The SMILES string of the molecule is O=C(C12CC3CC(CC(C3)C1)C2)C(F)(CC12CC3CC(CC(C3)C1)C2)S(=O)(=O)O. The van der Waals surface area contributed by atoms with Gasteiger partial charge < -0.3 is 0 Å². The van der Waals surface area contributed by atoms with E-state index < -0.39 is 31.7 Å². The number of carbonyl (C=O) groups is 1. The van der Waals surface area contributed by atoms with E-state index in [1.807, 2.05) is 0 Å². The number of alkyl halides is 1. The molecule has 0 aromatic rings. The van der Waals surface area contributed by atoms with Gasteiger partial charge in [0, 0.05) is 11.8 Å². The number of hydrogen-bond donors (Lipinski definition) is 1. The first-order chi connectivity index (χ1) is 13.6. The fourth-order valence-corrected chi connectivity index (χ4v) is 11.0. The molecule has 8 fully saturated rings. The lowest BCUT2D eigenvalue weighted by Crippen LogP contribution is -2.60. The van der Waals surface area contributed by atoms with E-state index in [2.05, 4.69) is 0 Å². The molecule has 0 spiro atoms. The van der Waals surface area contributed by atoms with Gasteiger partial charge in [-0.25, -0.2) is 4.39 Å².